The number of hydrogen-bond acceptors (Lipinski definition) is 4. The normalized spacial score (nSPS) is 25.6. The Morgan fingerprint density at radius 2 is 2.12 bits per heavy atom. The van der Waals surface area contributed by atoms with E-state index in [1.165, 1.54) is 17.9 Å². The second-order valence-corrected chi connectivity index (χ2v) is 7.05. The molecule has 3 nitrogen and oxygen atoms in total. The number of aliphatic hydroxyl groups excluding tert-OH is 1. The highest BCUT2D eigenvalue weighted by atomic mass is 32.2. The number of aliphatic hydroxyl groups is 1. The van der Waals surface area contributed by atoms with Crippen LogP contribution in [-0.2, 0) is 4.74 Å². The molecule has 1 fully saturated rings. The van der Waals surface area contributed by atoms with Crippen LogP contribution >= 0.6 is 11.8 Å². The number of nitrogens with zero attached hydrogens (tertiary/aromatic N) is 1. The zero-order valence-corrected chi connectivity index (χ0v) is 12.4. The molecule has 102 valence electrons. The molecule has 1 rings (SSSR count). The van der Waals surface area contributed by atoms with Crippen LogP contribution in [0.3, 0.4) is 0 Å². The molecule has 0 spiro atoms. The van der Waals surface area contributed by atoms with Gasteiger partial charge in [0.25, 0.3) is 0 Å². The standard InChI is InChI=1S/C13H27NO2S/c1-11-5-7-17-8-6-14(11)9-12(15)10-16-13(2,3)4/h11-12,15H,5-10H2,1-4H3/t11-,12+/m1/s1. The molecule has 4 heteroatoms. The zero-order valence-electron chi connectivity index (χ0n) is 11.6. The average molecular weight is 261 g/mol. The lowest BCUT2D eigenvalue weighted by Gasteiger charge is -2.30. The number of ether oxygens (including phenoxy) is 1. The average Bonchev–Trinajstić information content (AvgIpc) is 2.41. The molecule has 1 saturated heterocycles. The predicted molar refractivity (Wildman–Crippen MR) is 74.7 cm³/mol. The Hall–Kier alpha value is 0.230. The summed E-state index contributed by atoms with van der Waals surface area (Å²) in [6.45, 7) is 10.6. The lowest BCUT2D eigenvalue weighted by molar-refractivity contribution is -0.0579. The minimum Gasteiger partial charge on any atom is -0.389 e. The second kappa shape index (κ2) is 6.98. The van der Waals surface area contributed by atoms with Crippen molar-refractivity contribution < 1.29 is 9.84 Å². The van der Waals surface area contributed by atoms with Crippen molar-refractivity contribution in [3.63, 3.8) is 0 Å². The third kappa shape index (κ3) is 6.65. The summed E-state index contributed by atoms with van der Waals surface area (Å²) in [7, 11) is 0. The maximum atomic E-state index is 10.0. The topological polar surface area (TPSA) is 32.7 Å². The van der Waals surface area contributed by atoms with Crippen molar-refractivity contribution in [1.82, 2.24) is 4.90 Å². The maximum absolute atomic E-state index is 10.0. The minimum absolute atomic E-state index is 0.165. The van der Waals surface area contributed by atoms with Crippen molar-refractivity contribution in [3.8, 4) is 0 Å². The number of hydrogen-bond donors (Lipinski definition) is 1. The quantitative estimate of drug-likeness (QED) is 0.839. The largest absolute Gasteiger partial charge is 0.389 e. The van der Waals surface area contributed by atoms with Gasteiger partial charge >= 0.3 is 0 Å². The molecule has 0 aliphatic carbocycles. The molecule has 1 aliphatic heterocycles. The van der Waals surface area contributed by atoms with Gasteiger partial charge in [-0.3, -0.25) is 4.90 Å². The molecule has 1 heterocycles. The molecule has 0 saturated carbocycles. The van der Waals surface area contributed by atoms with Gasteiger partial charge in [0.05, 0.1) is 18.3 Å². The summed E-state index contributed by atoms with van der Waals surface area (Å²) >= 11 is 2.01. The Morgan fingerprint density at radius 3 is 2.76 bits per heavy atom. The Morgan fingerprint density at radius 1 is 1.41 bits per heavy atom. The molecular formula is C13H27NO2S. The van der Waals surface area contributed by atoms with Crippen LogP contribution in [0, 0.1) is 0 Å². The summed E-state index contributed by atoms with van der Waals surface area (Å²) in [4.78, 5) is 2.39. The number of β-amino-alcohol motifs (C(OH)–C–C–N with tert-alkyl or cyclic N) is 1. The van der Waals surface area contributed by atoms with Gasteiger partial charge in [0.2, 0.25) is 0 Å². The van der Waals surface area contributed by atoms with Crippen LogP contribution in [0.2, 0.25) is 0 Å². The highest BCUT2D eigenvalue weighted by Gasteiger charge is 2.21. The third-order valence-corrected chi connectivity index (χ3v) is 3.98. The molecule has 1 N–H and O–H groups in total. The van der Waals surface area contributed by atoms with Gasteiger partial charge in [-0.15, -0.1) is 0 Å². The molecule has 17 heavy (non-hydrogen) atoms. The molecule has 0 amide bonds. The van der Waals surface area contributed by atoms with Crippen LogP contribution in [0.4, 0.5) is 0 Å². The van der Waals surface area contributed by atoms with Gasteiger partial charge in [0, 0.05) is 24.9 Å². The van der Waals surface area contributed by atoms with Crippen molar-refractivity contribution in [1.29, 1.82) is 0 Å². The van der Waals surface area contributed by atoms with Crippen LogP contribution in [0.1, 0.15) is 34.1 Å². The summed E-state index contributed by atoms with van der Waals surface area (Å²) in [6.07, 6.45) is 0.845. The molecule has 2 atom stereocenters. The fourth-order valence-electron chi connectivity index (χ4n) is 1.88. The number of thioether (sulfide) groups is 1. The monoisotopic (exact) mass is 261 g/mol. The van der Waals surface area contributed by atoms with Crippen LogP contribution in [-0.4, -0.2) is 59.0 Å². The van der Waals surface area contributed by atoms with Crippen molar-refractivity contribution >= 4 is 11.8 Å². The van der Waals surface area contributed by atoms with Gasteiger partial charge in [-0.25, -0.2) is 0 Å². The first-order valence-electron chi connectivity index (χ1n) is 6.52. The SMILES string of the molecule is C[C@@H]1CCSCCN1C[C@H](O)COC(C)(C)C. The van der Waals surface area contributed by atoms with Gasteiger partial charge in [-0.05, 0) is 39.9 Å². The van der Waals surface area contributed by atoms with E-state index in [2.05, 4.69) is 11.8 Å². The van der Waals surface area contributed by atoms with Crippen LogP contribution in [0.25, 0.3) is 0 Å². The summed E-state index contributed by atoms with van der Waals surface area (Å²) < 4.78 is 5.62. The first kappa shape index (κ1) is 15.3. The lowest BCUT2D eigenvalue weighted by atomic mass is 10.2. The molecule has 1 aliphatic rings. The van der Waals surface area contributed by atoms with Crippen molar-refractivity contribution in [2.24, 2.45) is 0 Å². The van der Waals surface area contributed by atoms with E-state index >= 15 is 0 Å². The Bertz CT molecular complexity index is 218. The van der Waals surface area contributed by atoms with Crippen LogP contribution in [0.5, 0.6) is 0 Å². The van der Waals surface area contributed by atoms with E-state index in [0.29, 0.717) is 12.6 Å². The smallest absolute Gasteiger partial charge is 0.0900 e. The van der Waals surface area contributed by atoms with E-state index in [1.54, 1.807) is 0 Å². The van der Waals surface area contributed by atoms with E-state index in [1.807, 2.05) is 32.5 Å². The fourth-order valence-corrected chi connectivity index (χ4v) is 2.96. The predicted octanol–water partition coefficient (Wildman–Crippen LogP) is 1.99. The fraction of sp³-hybridized carbons (Fsp3) is 1.00. The number of rotatable bonds is 4. The van der Waals surface area contributed by atoms with Gasteiger partial charge in [-0.2, -0.15) is 11.8 Å². The van der Waals surface area contributed by atoms with Gasteiger partial charge < -0.3 is 9.84 Å². The first-order valence-corrected chi connectivity index (χ1v) is 7.68. The van der Waals surface area contributed by atoms with E-state index in [9.17, 15) is 5.11 Å². The molecule has 0 unspecified atom stereocenters. The van der Waals surface area contributed by atoms with Gasteiger partial charge in [0.15, 0.2) is 0 Å². The van der Waals surface area contributed by atoms with Gasteiger partial charge in [-0.1, -0.05) is 0 Å². The first-order chi connectivity index (χ1) is 7.88. The Kier molecular flexibility index (Phi) is 6.27. The maximum Gasteiger partial charge on any atom is 0.0900 e. The molecule has 0 radical (unpaired) electrons. The Balaban J connectivity index is 2.30. The van der Waals surface area contributed by atoms with Crippen LogP contribution < -0.4 is 0 Å². The summed E-state index contributed by atoms with van der Waals surface area (Å²) in [5.41, 5.74) is -0.165. The van der Waals surface area contributed by atoms with Crippen molar-refractivity contribution in [2.45, 2.75) is 51.9 Å². The third-order valence-electron chi connectivity index (χ3n) is 2.98. The molecular weight excluding hydrogens is 234 g/mol. The molecule has 0 bridgehead atoms. The molecule has 0 aromatic rings. The van der Waals surface area contributed by atoms with Crippen molar-refractivity contribution in [3.05, 3.63) is 0 Å². The van der Waals surface area contributed by atoms with Crippen LogP contribution in [0.15, 0.2) is 0 Å². The van der Waals surface area contributed by atoms with E-state index in [-0.39, 0.29) is 11.7 Å². The summed E-state index contributed by atoms with van der Waals surface area (Å²) in [6, 6.07) is 0.578. The lowest BCUT2D eigenvalue weighted by Crippen LogP contribution is -2.42. The highest BCUT2D eigenvalue weighted by molar-refractivity contribution is 7.99. The molecule has 0 aromatic heterocycles. The van der Waals surface area contributed by atoms with E-state index in [4.69, 9.17) is 4.74 Å². The summed E-state index contributed by atoms with van der Waals surface area (Å²) in [5.74, 6) is 2.42. The van der Waals surface area contributed by atoms with Gasteiger partial charge in [0.1, 0.15) is 0 Å². The minimum atomic E-state index is -0.375. The zero-order chi connectivity index (χ0) is 12.9. The summed E-state index contributed by atoms with van der Waals surface area (Å²) in [5, 5.41) is 10.0. The van der Waals surface area contributed by atoms with Crippen molar-refractivity contribution in [2.75, 3.05) is 31.2 Å². The van der Waals surface area contributed by atoms with E-state index < -0.39 is 0 Å². The Labute approximate surface area is 110 Å². The van der Waals surface area contributed by atoms with E-state index in [0.717, 1.165) is 13.1 Å². The molecule has 0 aromatic carbocycles. The second-order valence-electron chi connectivity index (χ2n) is 5.82. The highest BCUT2D eigenvalue weighted by Crippen LogP contribution is 2.16.